The second-order valence-corrected chi connectivity index (χ2v) is 12.2. The molecule has 5 aliphatic rings. The van der Waals surface area contributed by atoms with Crippen molar-refractivity contribution in [2.75, 3.05) is 7.05 Å². The molecule has 34 heavy (non-hydrogen) atoms. The third-order valence-corrected chi connectivity index (χ3v) is 10.2. The van der Waals surface area contributed by atoms with Crippen molar-refractivity contribution >= 4 is 27.5 Å². The predicted octanol–water partition coefficient (Wildman–Crippen LogP) is 1.85. The number of benzene rings is 1. The lowest BCUT2D eigenvalue weighted by molar-refractivity contribution is -0.387. The van der Waals surface area contributed by atoms with Gasteiger partial charge in [0.05, 0.1) is 10.3 Å². The normalized spacial score (nSPS) is 33.1. The van der Waals surface area contributed by atoms with E-state index in [1.807, 2.05) is 0 Å². The highest BCUT2D eigenvalue weighted by molar-refractivity contribution is 7.89. The molecule has 184 valence electrons. The Morgan fingerprint density at radius 2 is 1.71 bits per heavy atom. The van der Waals surface area contributed by atoms with Gasteiger partial charge in [-0.1, -0.05) is 12.1 Å². The van der Waals surface area contributed by atoms with Gasteiger partial charge in [-0.05, 0) is 75.2 Å². The number of sulfonamides is 1. The van der Waals surface area contributed by atoms with Gasteiger partial charge in [-0.2, -0.15) is 4.72 Å². The van der Waals surface area contributed by atoms with Gasteiger partial charge in [-0.3, -0.25) is 19.7 Å². The highest BCUT2D eigenvalue weighted by Gasteiger charge is 2.59. The molecule has 0 saturated heterocycles. The molecule has 5 aliphatic carbocycles. The van der Waals surface area contributed by atoms with Crippen LogP contribution in [0, 0.1) is 33.3 Å². The summed E-state index contributed by atoms with van der Waals surface area (Å²) in [7, 11) is -2.62. The first-order valence-corrected chi connectivity index (χ1v) is 13.4. The van der Waals surface area contributed by atoms with Crippen LogP contribution in [0.15, 0.2) is 29.2 Å². The largest absolute Gasteiger partial charge is 0.359 e. The van der Waals surface area contributed by atoms with E-state index in [1.54, 1.807) is 7.05 Å². The van der Waals surface area contributed by atoms with Crippen LogP contribution in [0.4, 0.5) is 5.69 Å². The number of hydrogen-bond donors (Lipinski definition) is 3. The summed E-state index contributed by atoms with van der Waals surface area (Å²) in [5.41, 5.74) is -2.19. The molecule has 2 unspecified atom stereocenters. The van der Waals surface area contributed by atoms with Gasteiger partial charge in [0.2, 0.25) is 21.8 Å². The lowest BCUT2D eigenvalue weighted by Crippen LogP contribution is -2.68. The lowest BCUT2D eigenvalue weighted by atomic mass is 9.47. The molecule has 11 heteroatoms. The fourth-order valence-electron chi connectivity index (χ4n) is 7.15. The molecule has 3 N–H and O–H groups in total. The zero-order valence-electron chi connectivity index (χ0n) is 19.1. The molecule has 0 heterocycles. The van der Waals surface area contributed by atoms with Crippen molar-refractivity contribution < 1.29 is 22.9 Å². The Morgan fingerprint density at radius 1 is 1.06 bits per heavy atom. The van der Waals surface area contributed by atoms with Crippen molar-refractivity contribution in [2.24, 2.45) is 23.2 Å². The Morgan fingerprint density at radius 3 is 2.26 bits per heavy atom. The number of carbonyl (C=O) groups excluding carboxylic acids is 2. The van der Waals surface area contributed by atoms with Crippen LogP contribution >= 0.6 is 0 Å². The van der Waals surface area contributed by atoms with E-state index in [4.69, 9.17) is 0 Å². The van der Waals surface area contributed by atoms with Crippen LogP contribution in [-0.2, 0) is 19.6 Å². The predicted molar refractivity (Wildman–Crippen MR) is 122 cm³/mol. The third kappa shape index (κ3) is 3.60. The highest BCUT2D eigenvalue weighted by Crippen LogP contribution is 2.60. The zero-order valence-corrected chi connectivity index (χ0v) is 19.9. The maximum absolute atomic E-state index is 13.5. The van der Waals surface area contributed by atoms with E-state index in [0.29, 0.717) is 25.2 Å². The number of hydrogen-bond acceptors (Lipinski definition) is 6. The van der Waals surface area contributed by atoms with Crippen LogP contribution in [-0.4, -0.2) is 43.8 Å². The Hall–Kier alpha value is -2.53. The van der Waals surface area contributed by atoms with E-state index < -0.39 is 31.1 Å². The van der Waals surface area contributed by atoms with Crippen LogP contribution in [0.5, 0.6) is 0 Å². The molecule has 5 saturated carbocycles. The topological polar surface area (TPSA) is 148 Å². The Labute approximate surface area is 198 Å². The number of nitrogens with zero attached hydrogens (tertiary/aromatic N) is 1. The Balaban J connectivity index is 1.35. The minimum atomic E-state index is -4.29. The monoisotopic (exact) mass is 490 g/mol. The van der Waals surface area contributed by atoms with Crippen LogP contribution in [0.3, 0.4) is 0 Å². The number of amides is 2. The number of nitrogens with one attached hydrogen (secondary N) is 3. The molecule has 0 spiro atoms. The first kappa shape index (κ1) is 23.2. The number of carbonyl (C=O) groups is 2. The van der Waals surface area contributed by atoms with Crippen molar-refractivity contribution in [3.63, 3.8) is 0 Å². The molecule has 1 aromatic carbocycles. The van der Waals surface area contributed by atoms with Crippen molar-refractivity contribution in [2.45, 2.75) is 67.8 Å². The first-order valence-electron chi connectivity index (χ1n) is 11.9. The summed E-state index contributed by atoms with van der Waals surface area (Å²) in [5.74, 6) is 0.586. The molecule has 6 rings (SSSR count). The van der Waals surface area contributed by atoms with Gasteiger partial charge in [0.25, 0.3) is 5.69 Å². The molecule has 5 fully saturated rings. The van der Waals surface area contributed by atoms with Crippen molar-refractivity contribution in [1.82, 2.24) is 15.4 Å². The Bertz CT molecular complexity index is 1130. The minimum absolute atomic E-state index is 0.0874. The third-order valence-electron chi connectivity index (χ3n) is 8.60. The summed E-state index contributed by atoms with van der Waals surface area (Å²) >= 11 is 0. The molecular formula is C23H30N4O6S. The van der Waals surface area contributed by atoms with E-state index in [-0.39, 0.29) is 35.1 Å². The van der Waals surface area contributed by atoms with Gasteiger partial charge in [-0.15, -0.1) is 0 Å². The quantitative estimate of drug-likeness (QED) is 0.392. The van der Waals surface area contributed by atoms with Gasteiger partial charge in [0.15, 0.2) is 4.90 Å². The number of nitro groups is 1. The van der Waals surface area contributed by atoms with Gasteiger partial charge in [0, 0.05) is 19.2 Å². The zero-order chi connectivity index (χ0) is 24.3. The molecule has 0 aliphatic heterocycles. The standard InChI is InChI=1S/C23H30N4O6S/c1-24-20(28)22-11-14-9-15(12-22)19(16(10-14)13-22)25-21(29)23(7-4-8-23)26-34(32,33)18-6-3-2-5-17(18)27(30)31/h2-3,5-6,14-16,19,26H,4,7-13H2,1H3,(H,24,28)(H,25,29). The van der Waals surface area contributed by atoms with E-state index in [9.17, 15) is 28.1 Å². The minimum Gasteiger partial charge on any atom is -0.359 e. The summed E-state index contributed by atoms with van der Waals surface area (Å²) in [6, 6.07) is 5.06. The molecule has 2 amide bonds. The van der Waals surface area contributed by atoms with Gasteiger partial charge in [0.1, 0.15) is 5.54 Å². The van der Waals surface area contributed by atoms with E-state index in [0.717, 1.165) is 38.2 Å². The van der Waals surface area contributed by atoms with Crippen molar-refractivity contribution in [1.29, 1.82) is 0 Å². The molecule has 2 atom stereocenters. The first-order chi connectivity index (χ1) is 16.1. The fraction of sp³-hybridized carbons (Fsp3) is 0.652. The van der Waals surface area contributed by atoms with E-state index in [2.05, 4.69) is 15.4 Å². The average molecular weight is 491 g/mol. The molecule has 10 nitrogen and oxygen atoms in total. The molecule has 0 radical (unpaired) electrons. The van der Waals surface area contributed by atoms with Crippen LogP contribution in [0.25, 0.3) is 0 Å². The number of nitro benzene ring substituents is 1. The van der Waals surface area contributed by atoms with Gasteiger partial charge < -0.3 is 10.6 Å². The van der Waals surface area contributed by atoms with Crippen molar-refractivity contribution in [3.8, 4) is 0 Å². The maximum Gasteiger partial charge on any atom is 0.289 e. The average Bonchev–Trinajstić information content (AvgIpc) is 2.77. The van der Waals surface area contributed by atoms with E-state index in [1.165, 1.54) is 18.2 Å². The number of rotatable bonds is 7. The SMILES string of the molecule is CNC(=O)C12CC3CC(C1)C(NC(=O)C1(NS(=O)(=O)c4ccccc4[N+](=O)[O-])CCC1)C(C3)C2. The summed E-state index contributed by atoms with van der Waals surface area (Å²) in [6.07, 6.45) is 5.67. The molecule has 4 bridgehead atoms. The molecular weight excluding hydrogens is 460 g/mol. The molecule has 1 aromatic rings. The van der Waals surface area contributed by atoms with Crippen LogP contribution in [0.1, 0.15) is 51.4 Å². The van der Waals surface area contributed by atoms with Crippen LogP contribution < -0.4 is 15.4 Å². The van der Waals surface area contributed by atoms with Gasteiger partial charge in [-0.25, -0.2) is 8.42 Å². The van der Waals surface area contributed by atoms with Crippen molar-refractivity contribution in [3.05, 3.63) is 34.4 Å². The number of para-hydroxylation sites is 1. The maximum atomic E-state index is 13.5. The summed E-state index contributed by atoms with van der Waals surface area (Å²) < 4.78 is 28.8. The molecule has 0 aromatic heterocycles. The highest BCUT2D eigenvalue weighted by atomic mass is 32.2. The smallest absolute Gasteiger partial charge is 0.289 e. The fourth-order valence-corrected chi connectivity index (χ4v) is 8.74. The summed E-state index contributed by atoms with van der Waals surface area (Å²) in [4.78, 5) is 36.3. The Kier molecular flexibility index (Phi) is 5.47. The second kappa shape index (κ2) is 8.01. The van der Waals surface area contributed by atoms with E-state index >= 15 is 0 Å². The van der Waals surface area contributed by atoms with Crippen LogP contribution in [0.2, 0.25) is 0 Å². The second-order valence-electron chi connectivity index (χ2n) is 10.6. The lowest BCUT2D eigenvalue weighted by Gasteiger charge is -2.59. The summed E-state index contributed by atoms with van der Waals surface area (Å²) in [5, 5.41) is 17.3. The van der Waals surface area contributed by atoms with Gasteiger partial charge >= 0.3 is 0 Å². The summed E-state index contributed by atoms with van der Waals surface area (Å²) in [6.45, 7) is 0.